The molecule has 1 amide bonds. The quantitative estimate of drug-likeness (QED) is 0.755. The molecule has 1 aliphatic rings. The van der Waals surface area contributed by atoms with Gasteiger partial charge >= 0.3 is 0 Å². The van der Waals surface area contributed by atoms with E-state index in [1.165, 1.54) is 0 Å². The van der Waals surface area contributed by atoms with Gasteiger partial charge in [0.15, 0.2) is 5.69 Å². The molecule has 1 aliphatic heterocycles. The maximum Gasteiger partial charge on any atom is 0.276 e. The monoisotopic (exact) mass is 364 g/mol. The van der Waals surface area contributed by atoms with Gasteiger partial charge in [0.2, 0.25) is 0 Å². The minimum atomic E-state index is -0.194. The van der Waals surface area contributed by atoms with Crippen molar-refractivity contribution < 1.29 is 4.79 Å². The van der Waals surface area contributed by atoms with Gasteiger partial charge in [-0.25, -0.2) is 0 Å². The Kier molecular flexibility index (Phi) is 4.51. The second kappa shape index (κ2) is 6.98. The van der Waals surface area contributed by atoms with Crippen LogP contribution >= 0.6 is 0 Å². The van der Waals surface area contributed by atoms with Gasteiger partial charge in [-0.1, -0.05) is 26.0 Å². The average Bonchev–Trinajstić information content (AvgIpc) is 3.33. The highest BCUT2D eigenvalue weighted by atomic mass is 16.1. The van der Waals surface area contributed by atoms with Crippen molar-refractivity contribution in [3.8, 4) is 0 Å². The number of amides is 1. The summed E-state index contributed by atoms with van der Waals surface area (Å²) in [6, 6.07) is 9.72. The van der Waals surface area contributed by atoms with Gasteiger partial charge in [-0.2, -0.15) is 5.10 Å². The lowest BCUT2D eigenvalue weighted by Gasteiger charge is -2.06. The van der Waals surface area contributed by atoms with Crippen molar-refractivity contribution in [1.82, 2.24) is 24.5 Å². The minimum Gasteiger partial charge on any atom is -0.321 e. The van der Waals surface area contributed by atoms with Crippen LogP contribution in [-0.4, -0.2) is 30.5 Å². The van der Waals surface area contributed by atoms with Crippen molar-refractivity contribution in [3.63, 3.8) is 0 Å². The number of nitrogens with one attached hydrogen (secondary N) is 1. The summed E-state index contributed by atoms with van der Waals surface area (Å²) >= 11 is 0. The summed E-state index contributed by atoms with van der Waals surface area (Å²) in [6.07, 6.45) is 2.91. The fourth-order valence-corrected chi connectivity index (χ4v) is 3.56. The standard InChI is InChI=1S/C20H24N6O/c1-13(2)17-12-16(24-25(17)3)20(27)21-15-8-6-14(7-9-15)11-19-23-22-18-5-4-10-26(18)19/h6-9,12-13H,4-5,10-11H2,1-3H3,(H,21,27). The van der Waals surface area contributed by atoms with E-state index < -0.39 is 0 Å². The molecule has 0 radical (unpaired) electrons. The number of carbonyl (C=O) groups is 1. The van der Waals surface area contributed by atoms with Gasteiger partial charge in [-0.15, -0.1) is 10.2 Å². The summed E-state index contributed by atoms with van der Waals surface area (Å²) < 4.78 is 3.97. The van der Waals surface area contributed by atoms with Gasteiger partial charge in [-0.05, 0) is 36.1 Å². The summed E-state index contributed by atoms with van der Waals surface area (Å²) in [5.41, 5.74) is 3.38. The Bertz CT molecular complexity index is 967. The fraction of sp³-hybridized carbons (Fsp3) is 0.400. The van der Waals surface area contributed by atoms with E-state index >= 15 is 0 Å². The molecular weight excluding hydrogens is 340 g/mol. The molecule has 7 nitrogen and oxygen atoms in total. The average molecular weight is 364 g/mol. The number of nitrogens with zero attached hydrogens (tertiary/aromatic N) is 5. The molecule has 0 fully saturated rings. The first-order valence-electron chi connectivity index (χ1n) is 9.36. The van der Waals surface area contributed by atoms with Crippen LogP contribution in [0.5, 0.6) is 0 Å². The minimum absolute atomic E-state index is 0.194. The molecule has 3 heterocycles. The molecule has 2 aromatic heterocycles. The van der Waals surface area contributed by atoms with Crippen molar-refractivity contribution in [2.24, 2.45) is 7.05 Å². The van der Waals surface area contributed by atoms with Gasteiger partial charge in [0.25, 0.3) is 5.91 Å². The zero-order valence-corrected chi connectivity index (χ0v) is 15.9. The molecule has 0 aliphatic carbocycles. The number of rotatable bonds is 5. The number of carbonyl (C=O) groups excluding carboxylic acids is 1. The Labute approximate surface area is 158 Å². The van der Waals surface area contributed by atoms with E-state index in [4.69, 9.17) is 0 Å². The molecule has 27 heavy (non-hydrogen) atoms. The third-order valence-electron chi connectivity index (χ3n) is 5.00. The van der Waals surface area contributed by atoms with Crippen LogP contribution in [-0.2, 0) is 26.4 Å². The highest BCUT2D eigenvalue weighted by Gasteiger charge is 2.18. The normalized spacial score (nSPS) is 13.2. The topological polar surface area (TPSA) is 77.6 Å². The molecular formula is C20H24N6O. The number of benzene rings is 1. The molecule has 1 N–H and O–H groups in total. The number of anilines is 1. The first-order chi connectivity index (χ1) is 13.0. The van der Waals surface area contributed by atoms with Crippen molar-refractivity contribution in [1.29, 1.82) is 0 Å². The van der Waals surface area contributed by atoms with Crippen LogP contribution < -0.4 is 5.32 Å². The molecule has 0 saturated carbocycles. The van der Waals surface area contributed by atoms with Crippen molar-refractivity contribution in [2.75, 3.05) is 5.32 Å². The highest BCUT2D eigenvalue weighted by Crippen LogP contribution is 2.19. The number of fused-ring (bicyclic) bond motifs is 1. The first kappa shape index (κ1) is 17.5. The molecule has 0 unspecified atom stereocenters. The Hall–Kier alpha value is -2.96. The zero-order chi connectivity index (χ0) is 19.0. The summed E-state index contributed by atoms with van der Waals surface area (Å²) in [5.74, 6) is 2.22. The lowest BCUT2D eigenvalue weighted by atomic mass is 10.1. The Balaban J connectivity index is 1.43. The molecule has 4 rings (SSSR count). The first-order valence-corrected chi connectivity index (χ1v) is 9.36. The van der Waals surface area contributed by atoms with Crippen LogP contribution in [0.15, 0.2) is 30.3 Å². The maximum atomic E-state index is 12.5. The van der Waals surface area contributed by atoms with E-state index in [1.54, 1.807) is 4.68 Å². The van der Waals surface area contributed by atoms with Crippen LogP contribution in [0.4, 0.5) is 5.69 Å². The lowest BCUT2D eigenvalue weighted by molar-refractivity contribution is 0.102. The van der Waals surface area contributed by atoms with Crippen LogP contribution in [0.1, 0.15) is 59.6 Å². The maximum absolute atomic E-state index is 12.5. The van der Waals surface area contributed by atoms with Crippen LogP contribution in [0.3, 0.4) is 0 Å². The SMILES string of the molecule is CC(C)c1cc(C(=O)Nc2ccc(Cc3nnc4n3CCC4)cc2)nn1C. The molecule has 140 valence electrons. The summed E-state index contributed by atoms with van der Waals surface area (Å²) in [4.78, 5) is 12.5. The molecule has 0 bridgehead atoms. The van der Waals surface area contributed by atoms with Gasteiger partial charge < -0.3 is 9.88 Å². The van der Waals surface area contributed by atoms with Crippen molar-refractivity contribution in [3.05, 3.63) is 58.9 Å². The van der Waals surface area contributed by atoms with E-state index in [2.05, 4.69) is 39.0 Å². The van der Waals surface area contributed by atoms with Crippen LogP contribution in [0, 0.1) is 0 Å². The van der Waals surface area contributed by atoms with Gasteiger partial charge in [0.1, 0.15) is 11.6 Å². The van der Waals surface area contributed by atoms with Crippen LogP contribution in [0.2, 0.25) is 0 Å². The fourth-order valence-electron chi connectivity index (χ4n) is 3.56. The number of hydrogen-bond acceptors (Lipinski definition) is 4. The largest absolute Gasteiger partial charge is 0.321 e. The van der Waals surface area contributed by atoms with E-state index in [0.717, 1.165) is 54.4 Å². The predicted octanol–water partition coefficient (Wildman–Crippen LogP) is 2.92. The summed E-state index contributed by atoms with van der Waals surface area (Å²) in [5, 5.41) is 15.8. The smallest absolute Gasteiger partial charge is 0.276 e. The molecule has 7 heteroatoms. The van der Waals surface area contributed by atoms with E-state index in [9.17, 15) is 4.79 Å². The second-order valence-corrected chi connectivity index (χ2v) is 7.35. The zero-order valence-electron chi connectivity index (χ0n) is 15.9. The van der Waals surface area contributed by atoms with Gasteiger partial charge in [0, 0.05) is 37.8 Å². The number of aromatic nitrogens is 5. The van der Waals surface area contributed by atoms with E-state index in [-0.39, 0.29) is 5.91 Å². The Morgan fingerprint density at radius 3 is 2.70 bits per heavy atom. The summed E-state index contributed by atoms with van der Waals surface area (Å²) in [6.45, 7) is 5.18. The Morgan fingerprint density at radius 1 is 1.22 bits per heavy atom. The predicted molar refractivity (Wildman–Crippen MR) is 103 cm³/mol. The molecule has 1 aromatic carbocycles. The van der Waals surface area contributed by atoms with Crippen molar-refractivity contribution in [2.45, 2.75) is 45.6 Å². The lowest BCUT2D eigenvalue weighted by Crippen LogP contribution is -2.13. The van der Waals surface area contributed by atoms with Gasteiger partial charge in [-0.3, -0.25) is 9.48 Å². The Morgan fingerprint density at radius 2 is 2.00 bits per heavy atom. The second-order valence-electron chi connectivity index (χ2n) is 7.35. The number of aryl methyl sites for hydroxylation is 2. The van der Waals surface area contributed by atoms with Gasteiger partial charge in [0.05, 0.1) is 0 Å². The van der Waals surface area contributed by atoms with Crippen molar-refractivity contribution >= 4 is 11.6 Å². The highest BCUT2D eigenvalue weighted by molar-refractivity contribution is 6.02. The van der Waals surface area contributed by atoms with E-state index in [0.29, 0.717) is 11.6 Å². The molecule has 0 atom stereocenters. The molecule has 0 saturated heterocycles. The molecule has 3 aromatic rings. The third kappa shape index (κ3) is 3.49. The summed E-state index contributed by atoms with van der Waals surface area (Å²) in [7, 11) is 1.86. The molecule has 0 spiro atoms. The third-order valence-corrected chi connectivity index (χ3v) is 5.00. The van der Waals surface area contributed by atoms with E-state index in [1.807, 2.05) is 37.4 Å². The number of hydrogen-bond donors (Lipinski definition) is 1. The van der Waals surface area contributed by atoms with Crippen LogP contribution in [0.25, 0.3) is 0 Å².